The molecule has 0 aliphatic carbocycles. The Labute approximate surface area is 179 Å². The summed E-state index contributed by atoms with van der Waals surface area (Å²) in [5.74, 6) is 0.567. The number of benzene rings is 2. The van der Waals surface area contributed by atoms with Crippen molar-refractivity contribution in [1.82, 2.24) is 4.31 Å². The highest BCUT2D eigenvalue weighted by atomic mass is 32.2. The predicted molar refractivity (Wildman–Crippen MR) is 119 cm³/mol. The predicted octanol–water partition coefficient (Wildman–Crippen LogP) is 3.35. The Kier molecular flexibility index (Phi) is 8.10. The van der Waals surface area contributed by atoms with Crippen LogP contribution in [0.4, 0.5) is 11.4 Å². The Balaban J connectivity index is 2.42. The van der Waals surface area contributed by atoms with E-state index < -0.39 is 20.0 Å². The summed E-state index contributed by atoms with van der Waals surface area (Å²) in [6, 6.07) is 10.4. The zero-order chi connectivity index (χ0) is 22.4. The second-order valence-corrected chi connectivity index (χ2v) is 10.6. The first-order valence-electron chi connectivity index (χ1n) is 9.68. The van der Waals surface area contributed by atoms with Crippen molar-refractivity contribution in [2.75, 3.05) is 37.3 Å². The maximum Gasteiger partial charge on any atom is 0.261 e. The van der Waals surface area contributed by atoms with E-state index in [1.165, 1.54) is 38.4 Å². The lowest BCUT2D eigenvalue weighted by atomic mass is 10.2. The van der Waals surface area contributed by atoms with Crippen molar-refractivity contribution in [3.63, 3.8) is 0 Å². The van der Waals surface area contributed by atoms with E-state index in [0.717, 1.165) is 17.1 Å². The molecule has 8 nitrogen and oxygen atoms in total. The van der Waals surface area contributed by atoms with Gasteiger partial charge in [-0.3, -0.25) is 4.72 Å². The third-order valence-corrected chi connectivity index (χ3v) is 7.50. The number of sulfonamides is 2. The van der Waals surface area contributed by atoms with Crippen LogP contribution in [0, 0.1) is 0 Å². The fourth-order valence-electron chi connectivity index (χ4n) is 2.62. The zero-order valence-electron chi connectivity index (χ0n) is 17.7. The molecule has 0 radical (unpaired) electrons. The first-order valence-corrected chi connectivity index (χ1v) is 12.6. The minimum Gasteiger partial charge on any atom is -0.494 e. The van der Waals surface area contributed by atoms with E-state index in [2.05, 4.69) is 10.0 Å². The third-order valence-electron chi connectivity index (χ3n) is 4.30. The molecule has 0 saturated heterocycles. The topological polar surface area (TPSA) is 105 Å². The molecule has 0 amide bonds. The molecule has 0 atom stereocenters. The SMILES string of the molecule is CCCCNc1ccc(S(=O)(=O)N(C)C)cc1NS(=O)(=O)c1ccc(OCC)cc1. The van der Waals surface area contributed by atoms with E-state index >= 15 is 0 Å². The average Bonchev–Trinajstić information content (AvgIpc) is 2.69. The van der Waals surface area contributed by atoms with Crippen molar-refractivity contribution in [2.45, 2.75) is 36.5 Å². The summed E-state index contributed by atoms with van der Waals surface area (Å²) in [5, 5.41) is 3.17. The van der Waals surface area contributed by atoms with E-state index in [4.69, 9.17) is 4.74 Å². The second-order valence-electron chi connectivity index (χ2n) is 6.79. The number of unbranched alkanes of at least 4 members (excludes halogenated alkanes) is 1. The molecular weight excluding hydrogens is 426 g/mol. The van der Waals surface area contributed by atoms with Crippen molar-refractivity contribution in [2.24, 2.45) is 0 Å². The zero-order valence-corrected chi connectivity index (χ0v) is 19.3. The number of nitrogens with zero attached hydrogens (tertiary/aromatic N) is 1. The first-order chi connectivity index (χ1) is 14.1. The van der Waals surface area contributed by atoms with Gasteiger partial charge in [0.25, 0.3) is 10.0 Å². The van der Waals surface area contributed by atoms with Gasteiger partial charge in [-0.25, -0.2) is 21.1 Å². The normalized spacial score (nSPS) is 12.0. The highest BCUT2D eigenvalue weighted by Crippen LogP contribution is 2.29. The number of hydrogen-bond donors (Lipinski definition) is 2. The van der Waals surface area contributed by atoms with Gasteiger partial charge in [0, 0.05) is 20.6 Å². The minimum atomic E-state index is -3.93. The minimum absolute atomic E-state index is 0.00191. The molecular formula is C20H29N3O5S2. The molecule has 10 heteroatoms. The fraction of sp³-hybridized carbons (Fsp3) is 0.400. The summed E-state index contributed by atoms with van der Waals surface area (Å²) in [6.07, 6.45) is 1.86. The smallest absolute Gasteiger partial charge is 0.261 e. The van der Waals surface area contributed by atoms with Gasteiger partial charge in [0.15, 0.2) is 0 Å². The molecule has 2 N–H and O–H groups in total. The molecule has 0 saturated carbocycles. The van der Waals surface area contributed by atoms with Crippen LogP contribution in [0.25, 0.3) is 0 Å². The van der Waals surface area contributed by atoms with E-state index in [0.29, 0.717) is 24.6 Å². The molecule has 0 spiro atoms. The van der Waals surface area contributed by atoms with Crippen LogP contribution in [0.2, 0.25) is 0 Å². The molecule has 0 bridgehead atoms. The van der Waals surface area contributed by atoms with Gasteiger partial charge in [0.05, 0.1) is 27.8 Å². The molecule has 0 aliphatic heterocycles. The van der Waals surface area contributed by atoms with Crippen LogP contribution < -0.4 is 14.8 Å². The molecule has 30 heavy (non-hydrogen) atoms. The molecule has 0 fully saturated rings. The van der Waals surface area contributed by atoms with Crippen molar-refractivity contribution in [1.29, 1.82) is 0 Å². The van der Waals surface area contributed by atoms with Crippen LogP contribution in [0.5, 0.6) is 5.75 Å². The molecule has 2 rings (SSSR count). The average molecular weight is 456 g/mol. The second kappa shape index (κ2) is 10.1. The fourth-order valence-corrected chi connectivity index (χ4v) is 4.62. The third kappa shape index (κ3) is 5.87. The van der Waals surface area contributed by atoms with Crippen LogP contribution in [-0.2, 0) is 20.0 Å². The van der Waals surface area contributed by atoms with Crippen LogP contribution in [-0.4, -0.2) is 48.4 Å². The first kappa shape index (κ1) is 24.0. The van der Waals surface area contributed by atoms with Gasteiger partial charge in [-0.1, -0.05) is 13.3 Å². The molecule has 0 unspecified atom stereocenters. The summed E-state index contributed by atoms with van der Waals surface area (Å²) in [5.41, 5.74) is 0.679. The maximum atomic E-state index is 12.9. The van der Waals surface area contributed by atoms with Crippen molar-refractivity contribution >= 4 is 31.4 Å². The summed E-state index contributed by atoms with van der Waals surface area (Å²) >= 11 is 0. The summed E-state index contributed by atoms with van der Waals surface area (Å²) < 4.78 is 59.8. The van der Waals surface area contributed by atoms with Crippen LogP contribution in [0.3, 0.4) is 0 Å². The highest BCUT2D eigenvalue weighted by Gasteiger charge is 2.22. The molecule has 0 aliphatic rings. The molecule has 2 aromatic rings. The molecule has 0 aromatic heterocycles. The lowest BCUT2D eigenvalue weighted by molar-refractivity contribution is 0.340. The Morgan fingerprint density at radius 1 is 0.900 bits per heavy atom. The molecule has 166 valence electrons. The van der Waals surface area contributed by atoms with Gasteiger partial charge in [-0.05, 0) is 55.8 Å². The quantitative estimate of drug-likeness (QED) is 0.504. The molecule has 0 heterocycles. The van der Waals surface area contributed by atoms with Crippen molar-refractivity contribution in [3.8, 4) is 5.75 Å². The van der Waals surface area contributed by atoms with Gasteiger partial charge < -0.3 is 10.1 Å². The standard InChI is InChI=1S/C20H29N3O5S2/c1-5-7-14-21-19-13-12-18(30(26,27)23(3)4)15-20(19)22-29(24,25)17-10-8-16(9-11-17)28-6-2/h8-13,15,21-22H,5-7,14H2,1-4H3. The lowest BCUT2D eigenvalue weighted by Crippen LogP contribution is -2.23. The number of anilines is 2. The summed E-state index contributed by atoms with van der Waals surface area (Å²) in [4.78, 5) is 0.0456. The van der Waals surface area contributed by atoms with Gasteiger partial charge in [-0.15, -0.1) is 0 Å². The molecule has 2 aromatic carbocycles. The van der Waals surface area contributed by atoms with Gasteiger partial charge in [-0.2, -0.15) is 0 Å². The lowest BCUT2D eigenvalue weighted by Gasteiger charge is -2.17. The number of rotatable bonds is 11. The van der Waals surface area contributed by atoms with Crippen LogP contribution in [0.15, 0.2) is 52.3 Å². The van der Waals surface area contributed by atoms with Crippen molar-refractivity contribution in [3.05, 3.63) is 42.5 Å². The number of ether oxygens (including phenoxy) is 1. The Hall–Kier alpha value is -2.30. The van der Waals surface area contributed by atoms with Gasteiger partial charge >= 0.3 is 0 Å². The monoisotopic (exact) mass is 455 g/mol. The van der Waals surface area contributed by atoms with E-state index in [1.54, 1.807) is 18.2 Å². The largest absolute Gasteiger partial charge is 0.494 e. The van der Waals surface area contributed by atoms with Crippen LogP contribution in [0.1, 0.15) is 26.7 Å². The number of hydrogen-bond acceptors (Lipinski definition) is 6. The van der Waals surface area contributed by atoms with Gasteiger partial charge in [0.1, 0.15) is 5.75 Å². The number of nitrogens with one attached hydrogen (secondary N) is 2. The maximum absolute atomic E-state index is 12.9. The Morgan fingerprint density at radius 2 is 1.53 bits per heavy atom. The van der Waals surface area contributed by atoms with E-state index in [9.17, 15) is 16.8 Å². The van der Waals surface area contributed by atoms with Crippen LogP contribution >= 0.6 is 0 Å². The van der Waals surface area contributed by atoms with Crippen molar-refractivity contribution < 1.29 is 21.6 Å². The summed E-state index contributed by atoms with van der Waals surface area (Å²) in [6.45, 7) is 5.00. The summed E-state index contributed by atoms with van der Waals surface area (Å²) in [7, 11) is -4.81. The van der Waals surface area contributed by atoms with E-state index in [-0.39, 0.29) is 15.5 Å². The highest BCUT2D eigenvalue weighted by molar-refractivity contribution is 7.92. The Bertz CT molecular complexity index is 1050. The Morgan fingerprint density at radius 3 is 2.10 bits per heavy atom. The van der Waals surface area contributed by atoms with Gasteiger partial charge in [0.2, 0.25) is 10.0 Å². The van der Waals surface area contributed by atoms with E-state index in [1.807, 2.05) is 13.8 Å².